The first kappa shape index (κ1) is 15.9. The fourth-order valence-electron chi connectivity index (χ4n) is 3.99. The first-order chi connectivity index (χ1) is 11.7. The summed E-state index contributed by atoms with van der Waals surface area (Å²) in [7, 11) is 2.20. The molecule has 2 aromatic heterocycles. The van der Waals surface area contributed by atoms with Crippen molar-refractivity contribution in [3.63, 3.8) is 0 Å². The molecule has 2 aliphatic rings. The zero-order valence-electron chi connectivity index (χ0n) is 14.1. The van der Waals surface area contributed by atoms with Gasteiger partial charge in [-0.25, -0.2) is 0 Å². The van der Waals surface area contributed by atoms with Crippen molar-refractivity contribution in [3.8, 4) is 0 Å². The second kappa shape index (κ2) is 6.73. The molecule has 0 aromatic carbocycles. The molecule has 2 atom stereocenters. The van der Waals surface area contributed by atoms with Gasteiger partial charge in [0.2, 0.25) is 0 Å². The molecule has 2 N–H and O–H groups in total. The van der Waals surface area contributed by atoms with E-state index in [9.17, 15) is 4.79 Å². The Bertz CT molecular complexity index is 689. The zero-order chi connectivity index (χ0) is 16.5. The summed E-state index contributed by atoms with van der Waals surface area (Å²) in [6.45, 7) is 1.89. The molecule has 3 heterocycles. The van der Waals surface area contributed by atoms with E-state index in [2.05, 4.69) is 39.8 Å². The van der Waals surface area contributed by atoms with Crippen LogP contribution in [0.3, 0.4) is 0 Å². The van der Waals surface area contributed by atoms with Crippen LogP contribution in [0.5, 0.6) is 0 Å². The van der Waals surface area contributed by atoms with Gasteiger partial charge in [0.15, 0.2) is 0 Å². The van der Waals surface area contributed by atoms with Crippen molar-refractivity contribution in [2.75, 3.05) is 20.1 Å². The Morgan fingerprint density at radius 2 is 2.25 bits per heavy atom. The monoisotopic (exact) mass is 343 g/mol. The number of nitrogens with zero attached hydrogens (tertiary/aromatic N) is 1. The maximum Gasteiger partial charge on any atom is 0.253 e. The van der Waals surface area contributed by atoms with Crippen molar-refractivity contribution >= 4 is 17.2 Å². The third-order valence-electron chi connectivity index (χ3n) is 5.38. The molecule has 0 spiro atoms. The standard InChI is InChI=1S/C19H25N3OS/c1-22-10-2-4-14(18(22)16-5-3-11-24-16)12-21-19(23)15-8-9-20-17(15)13-6-7-13/h3,5,8-9,11,13-14,18,20H,2,4,6-7,10,12H2,1H3,(H,21,23)/t14-,18+/m0/s1. The van der Waals surface area contributed by atoms with Gasteiger partial charge in [-0.15, -0.1) is 11.3 Å². The third kappa shape index (κ3) is 3.15. The van der Waals surface area contributed by atoms with Crippen LogP contribution in [0.2, 0.25) is 0 Å². The third-order valence-corrected chi connectivity index (χ3v) is 6.32. The van der Waals surface area contributed by atoms with E-state index in [1.165, 1.54) is 30.6 Å². The highest BCUT2D eigenvalue weighted by atomic mass is 32.1. The van der Waals surface area contributed by atoms with Crippen LogP contribution < -0.4 is 5.32 Å². The molecule has 0 radical (unpaired) electrons. The second-order valence-corrected chi connectivity index (χ2v) is 8.11. The first-order valence-electron chi connectivity index (χ1n) is 8.93. The van der Waals surface area contributed by atoms with Crippen LogP contribution in [-0.2, 0) is 0 Å². The van der Waals surface area contributed by atoms with Gasteiger partial charge in [0, 0.05) is 29.4 Å². The predicted octanol–water partition coefficient (Wildman–Crippen LogP) is 3.77. The van der Waals surface area contributed by atoms with Crippen molar-refractivity contribution in [3.05, 3.63) is 45.9 Å². The van der Waals surface area contributed by atoms with Crippen molar-refractivity contribution in [2.45, 2.75) is 37.6 Å². The molecule has 0 unspecified atom stereocenters. The zero-order valence-corrected chi connectivity index (χ0v) is 14.9. The van der Waals surface area contributed by atoms with E-state index in [1.807, 2.05) is 23.6 Å². The van der Waals surface area contributed by atoms with Gasteiger partial charge in [0.05, 0.1) is 5.56 Å². The summed E-state index contributed by atoms with van der Waals surface area (Å²) in [5.41, 5.74) is 1.97. The van der Waals surface area contributed by atoms with Crippen LogP contribution in [-0.4, -0.2) is 35.9 Å². The number of carbonyl (C=O) groups is 1. The molecule has 1 amide bonds. The molecular formula is C19H25N3OS. The normalized spacial score (nSPS) is 24.9. The SMILES string of the molecule is CN1CCC[C@@H](CNC(=O)c2cc[nH]c2C2CC2)[C@@H]1c1cccs1. The topological polar surface area (TPSA) is 48.1 Å². The lowest BCUT2D eigenvalue weighted by atomic mass is 9.88. The lowest BCUT2D eigenvalue weighted by Crippen LogP contribution is -2.41. The Morgan fingerprint density at radius 1 is 1.38 bits per heavy atom. The quantitative estimate of drug-likeness (QED) is 0.868. The largest absolute Gasteiger partial charge is 0.364 e. The molecule has 0 bridgehead atoms. The number of carbonyl (C=O) groups excluding carboxylic acids is 1. The molecular weight excluding hydrogens is 318 g/mol. The van der Waals surface area contributed by atoms with E-state index in [0.29, 0.717) is 17.9 Å². The maximum absolute atomic E-state index is 12.6. The van der Waals surface area contributed by atoms with Gasteiger partial charge in [-0.1, -0.05) is 6.07 Å². The number of amides is 1. The molecule has 2 fully saturated rings. The fourth-order valence-corrected chi connectivity index (χ4v) is 4.97. The smallest absolute Gasteiger partial charge is 0.253 e. The number of rotatable bonds is 5. The summed E-state index contributed by atoms with van der Waals surface area (Å²) < 4.78 is 0. The molecule has 128 valence electrons. The van der Waals surface area contributed by atoms with Gasteiger partial charge in [-0.3, -0.25) is 9.69 Å². The molecule has 1 saturated carbocycles. The summed E-state index contributed by atoms with van der Waals surface area (Å²) in [6, 6.07) is 6.70. The molecule has 4 nitrogen and oxygen atoms in total. The van der Waals surface area contributed by atoms with Gasteiger partial charge < -0.3 is 10.3 Å². The molecule has 1 aliphatic carbocycles. The highest BCUT2D eigenvalue weighted by molar-refractivity contribution is 7.10. The van der Waals surface area contributed by atoms with Gasteiger partial charge in [-0.2, -0.15) is 0 Å². The second-order valence-electron chi connectivity index (χ2n) is 7.13. The summed E-state index contributed by atoms with van der Waals surface area (Å²) >= 11 is 1.82. The molecule has 1 saturated heterocycles. The Morgan fingerprint density at radius 3 is 3.00 bits per heavy atom. The highest BCUT2D eigenvalue weighted by Crippen LogP contribution is 2.41. The molecule has 2 aromatic rings. The van der Waals surface area contributed by atoms with Crippen molar-refractivity contribution in [1.82, 2.24) is 15.2 Å². The Hall–Kier alpha value is -1.59. The minimum atomic E-state index is 0.0799. The average molecular weight is 343 g/mol. The Kier molecular flexibility index (Phi) is 4.46. The fraction of sp³-hybridized carbons (Fsp3) is 0.526. The number of likely N-dealkylation sites (tertiary alicyclic amines) is 1. The van der Waals surface area contributed by atoms with Crippen LogP contribution in [0.1, 0.15) is 58.6 Å². The minimum absolute atomic E-state index is 0.0799. The predicted molar refractivity (Wildman–Crippen MR) is 97.5 cm³/mol. The summed E-state index contributed by atoms with van der Waals surface area (Å²) in [4.78, 5) is 19.7. The van der Waals surface area contributed by atoms with Crippen LogP contribution in [0.15, 0.2) is 29.8 Å². The summed E-state index contributed by atoms with van der Waals surface area (Å²) in [5, 5.41) is 5.36. The number of aromatic nitrogens is 1. The maximum atomic E-state index is 12.6. The lowest BCUT2D eigenvalue weighted by Gasteiger charge is -2.38. The Balaban J connectivity index is 1.43. The number of piperidine rings is 1. The average Bonchev–Trinajstić information content (AvgIpc) is 3.09. The Labute approximate surface area is 147 Å². The summed E-state index contributed by atoms with van der Waals surface area (Å²) in [6.07, 6.45) is 6.68. The number of hydrogen-bond acceptors (Lipinski definition) is 3. The van der Waals surface area contributed by atoms with Crippen LogP contribution in [0.25, 0.3) is 0 Å². The van der Waals surface area contributed by atoms with E-state index in [0.717, 1.165) is 24.3 Å². The number of nitrogens with one attached hydrogen (secondary N) is 2. The van der Waals surface area contributed by atoms with Crippen LogP contribution >= 0.6 is 11.3 Å². The molecule has 4 rings (SSSR count). The van der Waals surface area contributed by atoms with E-state index < -0.39 is 0 Å². The summed E-state index contributed by atoms with van der Waals surface area (Å²) in [5.74, 6) is 1.13. The van der Waals surface area contributed by atoms with E-state index in [1.54, 1.807) is 0 Å². The van der Waals surface area contributed by atoms with Gasteiger partial charge in [0.1, 0.15) is 0 Å². The van der Waals surface area contributed by atoms with Crippen molar-refractivity contribution < 1.29 is 4.79 Å². The molecule has 5 heteroatoms. The minimum Gasteiger partial charge on any atom is -0.364 e. The number of hydrogen-bond donors (Lipinski definition) is 2. The van der Waals surface area contributed by atoms with Crippen molar-refractivity contribution in [1.29, 1.82) is 0 Å². The van der Waals surface area contributed by atoms with Crippen LogP contribution in [0.4, 0.5) is 0 Å². The number of thiophene rings is 1. The van der Waals surface area contributed by atoms with Gasteiger partial charge in [-0.05, 0) is 68.6 Å². The lowest BCUT2D eigenvalue weighted by molar-refractivity contribution is 0.0894. The molecule has 1 aliphatic heterocycles. The van der Waals surface area contributed by atoms with Crippen molar-refractivity contribution in [2.24, 2.45) is 5.92 Å². The van der Waals surface area contributed by atoms with Crippen LogP contribution in [0, 0.1) is 5.92 Å². The first-order valence-corrected chi connectivity index (χ1v) is 9.81. The highest BCUT2D eigenvalue weighted by Gasteiger charge is 2.32. The van der Waals surface area contributed by atoms with Gasteiger partial charge in [0.25, 0.3) is 5.91 Å². The number of H-pyrrole nitrogens is 1. The number of aromatic amines is 1. The van der Waals surface area contributed by atoms with Gasteiger partial charge >= 0.3 is 0 Å². The van der Waals surface area contributed by atoms with E-state index >= 15 is 0 Å². The van der Waals surface area contributed by atoms with E-state index in [4.69, 9.17) is 0 Å². The molecule has 24 heavy (non-hydrogen) atoms. The van der Waals surface area contributed by atoms with E-state index in [-0.39, 0.29) is 5.91 Å².